The van der Waals surface area contributed by atoms with Crippen molar-refractivity contribution >= 4 is 26.8 Å². The molecular weight excluding hydrogens is 242 g/mol. The average Bonchev–Trinajstić information content (AvgIpc) is 2.84. The van der Waals surface area contributed by atoms with Gasteiger partial charge in [-0.25, -0.2) is 0 Å². The lowest BCUT2D eigenvalue weighted by Crippen LogP contribution is -2.03. The lowest BCUT2D eigenvalue weighted by atomic mass is 10.1. The number of rotatable bonds is 1. The van der Waals surface area contributed by atoms with Crippen LogP contribution in [0.5, 0.6) is 0 Å². The fraction of sp³-hybridized carbons (Fsp3) is 0.273. The van der Waals surface area contributed by atoms with Crippen LogP contribution >= 0.6 is 15.9 Å². The zero-order chi connectivity index (χ0) is 9.76. The van der Waals surface area contributed by atoms with Gasteiger partial charge >= 0.3 is 0 Å². The Labute approximate surface area is 90.1 Å². The van der Waals surface area contributed by atoms with Crippen molar-refractivity contribution in [1.29, 1.82) is 0 Å². The van der Waals surface area contributed by atoms with Crippen molar-refractivity contribution in [2.24, 2.45) is 0 Å². The molecule has 0 radical (unpaired) electrons. The molecule has 1 aromatic heterocycles. The summed E-state index contributed by atoms with van der Waals surface area (Å²) in [5.74, 6) is 0. The molecule has 2 aromatic rings. The van der Waals surface area contributed by atoms with Gasteiger partial charge in [-0.15, -0.1) is 0 Å². The molecule has 1 saturated carbocycles. The fourth-order valence-corrected chi connectivity index (χ4v) is 2.25. The second kappa shape index (κ2) is 2.61. The first kappa shape index (κ1) is 8.50. The number of nitrogens with one attached hydrogen (secondary N) is 1. The lowest BCUT2D eigenvalue weighted by molar-refractivity contribution is 0.151. The van der Waals surface area contributed by atoms with Gasteiger partial charge in [-0.05, 0) is 40.4 Å². The van der Waals surface area contributed by atoms with Crippen LogP contribution < -0.4 is 0 Å². The molecule has 0 atom stereocenters. The zero-order valence-corrected chi connectivity index (χ0v) is 9.13. The lowest BCUT2D eigenvalue weighted by Gasteiger charge is -2.07. The molecule has 3 rings (SSSR count). The first-order valence-electron chi connectivity index (χ1n) is 4.69. The average molecular weight is 252 g/mol. The van der Waals surface area contributed by atoms with Gasteiger partial charge in [-0.1, -0.05) is 12.1 Å². The zero-order valence-electron chi connectivity index (χ0n) is 7.55. The highest BCUT2D eigenvalue weighted by Gasteiger charge is 2.42. The van der Waals surface area contributed by atoms with Gasteiger partial charge in [-0.2, -0.15) is 0 Å². The van der Waals surface area contributed by atoms with E-state index in [2.05, 4.69) is 20.9 Å². The van der Waals surface area contributed by atoms with Gasteiger partial charge in [0.15, 0.2) is 0 Å². The molecule has 1 aliphatic rings. The van der Waals surface area contributed by atoms with E-state index in [-0.39, 0.29) is 0 Å². The van der Waals surface area contributed by atoms with Crippen molar-refractivity contribution in [2.75, 3.05) is 0 Å². The number of aromatic nitrogens is 1. The Morgan fingerprint density at radius 3 is 2.86 bits per heavy atom. The molecule has 14 heavy (non-hydrogen) atoms. The van der Waals surface area contributed by atoms with Gasteiger partial charge in [-0.3, -0.25) is 0 Å². The maximum atomic E-state index is 9.94. The van der Waals surface area contributed by atoms with Crippen LogP contribution in [-0.2, 0) is 5.60 Å². The van der Waals surface area contributed by atoms with Crippen LogP contribution in [-0.4, -0.2) is 10.1 Å². The molecule has 0 bridgehead atoms. The minimum absolute atomic E-state index is 0.536. The van der Waals surface area contributed by atoms with Crippen molar-refractivity contribution < 1.29 is 5.11 Å². The molecule has 3 heteroatoms. The number of aromatic amines is 1. The molecule has 0 aliphatic heterocycles. The van der Waals surface area contributed by atoms with Crippen LogP contribution in [0.15, 0.2) is 28.9 Å². The quantitative estimate of drug-likeness (QED) is 0.804. The normalized spacial score (nSPS) is 18.7. The van der Waals surface area contributed by atoms with E-state index in [1.165, 1.54) is 0 Å². The van der Waals surface area contributed by atoms with E-state index in [1.54, 1.807) is 0 Å². The predicted molar refractivity (Wildman–Crippen MR) is 59.1 cm³/mol. The van der Waals surface area contributed by atoms with Crippen LogP contribution in [0.3, 0.4) is 0 Å². The van der Waals surface area contributed by atoms with Gasteiger partial charge in [0.05, 0.1) is 5.60 Å². The summed E-state index contributed by atoms with van der Waals surface area (Å²) in [7, 11) is 0. The number of hydrogen-bond donors (Lipinski definition) is 2. The Morgan fingerprint density at radius 1 is 1.36 bits per heavy atom. The highest BCUT2D eigenvalue weighted by atomic mass is 79.9. The Kier molecular flexibility index (Phi) is 1.59. The number of H-pyrrole nitrogens is 1. The molecule has 2 nitrogen and oxygen atoms in total. The van der Waals surface area contributed by atoms with Crippen LogP contribution in [0.1, 0.15) is 18.4 Å². The summed E-state index contributed by atoms with van der Waals surface area (Å²) >= 11 is 3.46. The number of fused-ring (bicyclic) bond motifs is 1. The highest BCUT2D eigenvalue weighted by molar-refractivity contribution is 9.10. The van der Waals surface area contributed by atoms with Crippen molar-refractivity contribution in [2.45, 2.75) is 18.4 Å². The third-order valence-corrected chi connectivity index (χ3v) is 3.55. The van der Waals surface area contributed by atoms with Gasteiger partial charge in [0.1, 0.15) is 0 Å². The molecule has 1 aliphatic carbocycles. The van der Waals surface area contributed by atoms with E-state index >= 15 is 0 Å². The van der Waals surface area contributed by atoms with E-state index in [1.807, 2.05) is 24.4 Å². The molecule has 0 spiro atoms. The van der Waals surface area contributed by atoms with Crippen molar-refractivity contribution in [3.8, 4) is 0 Å². The van der Waals surface area contributed by atoms with Crippen molar-refractivity contribution in [1.82, 2.24) is 4.98 Å². The molecule has 1 heterocycles. The summed E-state index contributed by atoms with van der Waals surface area (Å²) in [6.07, 6.45) is 3.70. The van der Waals surface area contributed by atoms with Crippen LogP contribution in [0.4, 0.5) is 0 Å². The molecule has 1 fully saturated rings. The Hall–Kier alpha value is -0.800. The third kappa shape index (κ3) is 1.12. The summed E-state index contributed by atoms with van der Waals surface area (Å²) in [6, 6.07) is 6.09. The molecule has 0 amide bonds. The van der Waals surface area contributed by atoms with Crippen LogP contribution in [0, 0.1) is 0 Å². The second-order valence-electron chi connectivity index (χ2n) is 3.93. The van der Waals surface area contributed by atoms with Gasteiger partial charge in [0, 0.05) is 21.6 Å². The Morgan fingerprint density at radius 2 is 2.14 bits per heavy atom. The van der Waals surface area contributed by atoms with Crippen LogP contribution in [0.2, 0.25) is 0 Å². The summed E-state index contributed by atoms with van der Waals surface area (Å²) in [5, 5.41) is 11.1. The number of aliphatic hydroxyl groups is 1. The third-order valence-electron chi connectivity index (χ3n) is 2.89. The standard InChI is InChI=1S/C11H10BrNO/c12-9-6-13-10-5-7(1-2-8(9)10)11(14)3-4-11/h1-2,5-6,13-14H,3-4H2. The number of halogens is 1. The SMILES string of the molecule is OC1(c2ccc3c(Br)c[nH]c3c2)CC1. The summed E-state index contributed by atoms with van der Waals surface area (Å²) in [6.45, 7) is 0. The van der Waals surface area contributed by atoms with E-state index < -0.39 is 5.60 Å². The molecular formula is C11H10BrNO. The minimum atomic E-state index is -0.536. The minimum Gasteiger partial charge on any atom is -0.385 e. The molecule has 72 valence electrons. The van der Waals surface area contributed by atoms with Crippen molar-refractivity contribution in [3.63, 3.8) is 0 Å². The van der Waals surface area contributed by atoms with E-state index in [4.69, 9.17) is 0 Å². The molecule has 0 unspecified atom stereocenters. The topological polar surface area (TPSA) is 36.0 Å². The predicted octanol–water partition coefficient (Wildman–Crippen LogP) is 2.91. The smallest absolute Gasteiger partial charge is 0.0899 e. The molecule has 1 aromatic carbocycles. The monoisotopic (exact) mass is 251 g/mol. The summed E-state index contributed by atoms with van der Waals surface area (Å²) in [4.78, 5) is 3.17. The summed E-state index contributed by atoms with van der Waals surface area (Å²) in [5.41, 5.74) is 1.57. The Bertz CT molecular complexity index is 499. The van der Waals surface area contributed by atoms with Gasteiger partial charge < -0.3 is 10.1 Å². The van der Waals surface area contributed by atoms with Gasteiger partial charge in [0.2, 0.25) is 0 Å². The molecule has 2 N–H and O–H groups in total. The first-order chi connectivity index (χ1) is 6.69. The van der Waals surface area contributed by atoms with Crippen molar-refractivity contribution in [3.05, 3.63) is 34.4 Å². The van der Waals surface area contributed by atoms with Crippen LogP contribution in [0.25, 0.3) is 10.9 Å². The maximum Gasteiger partial charge on any atom is 0.0899 e. The summed E-state index contributed by atoms with van der Waals surface area (Å²) < 4.78 is 1.07. The fourth-order valence-electron chi connectivity index (χ4n) is 1.79. The van der Waals surface area contributed by atoms with E-state index in [0.29, 0.717) is 0 Å². The number of benzene rings is 1. The van der Waals surface area contributed by atoms with E-state index in [9.17, 15) is 5.11 Å². The second-order valence-corrected chi connectivity index (χ2v) is 4.78. The number of hydrogen-bond acceptors (Lipinski definition) is 1. The largest absolute Gasteiger partial charge is 0.385 e. The van der Waals surface area contributed by atoms with Gasteiger partial charge in [0.25, 0.3) is 0 Å². The highest BCUT2D eigenvalue weighted by Crippen LogP contribution is 2.45. The maximum absolute atomic E-state index is 9.94. The molecule has 0 saturated heterocycles. The van der Waals surface area contributed by atoms with E-state index in [0.717, 1.165) is 33.8 Å². The first-order valence-corrected chi connectivity index (χ1v) is 5.48. The Balaban J connectivity index is 2.21.